The molecule has 0 unspecified atom stereocenters. The van der Waals surface area contributed by atoms with Crippen molar-refractivity contribution in [3.8, 4) is 18.1 Å². The van der Waals surface area contributed by atoms with Crippen molar-refractivity contribution in [2.75, 3.05) is 6.61 Å². The van der Waals surface area contributed by atoms with Crippen LogP contribution in [0.4, 0.5) is 0 Å². The molecule has 0 N–H and O–H groups in total. The van der Waals surface area contributed by atoms with E-state index in [1.54, 1.807) is 24.3 Å². The fourth-order valence-corrected chi connectivity index (χ4v) is 0.951. The normalized spacial score (nSPS) is 8.92. The third kappa shape index (κ3) is 2.81. The second-order valence-corrected chi connectivity index (χ2v) is 2.64. The van der Waals surface area contributed by atoms with Gasteiger partial charge in [0.2, 0.25) is 0 Å². The molecule has 0 aliphatic rings. The molecule has 1 aromatic rings. The van der Waals surface area contributed by atoms with E-state index in [1.807, 2.05) is 0 Å². The van der Waals surface area contributed by atoms with Gasteiger partial charge in [-0.15, -0.1) is 6.42 Å². The summed E-state index contributed by atoms with van der Waals surface area (Å²) in [7, 11) is 0. The molecule has 0 saturated carbocycles. The molecule has 0 atom stereocenters. The van der Waals surface area contributed by atoms with Gasteiger partial charge >= 0.3 is 0 Å². The number of terminal acetylenes is 1. The van der Waals surface area contributed by atoms with Crippen LogP contribution in [0, 0.1) is 12.3 Å². The van der Waals surface area contributed by atoms with Gasteiger partial charge in [-0.25, -0.2) is 0 Å². The summed E-state index contributed by atoms with van der Waals surface area (Å²) in [6.45, 7) is 0.180. The van der Waals surface area contributed by atoms with E-state index in [4.69, 9.17) is 22.8 Å². The first kappa shape index (κ1) is 9.63. The van der Waals surface area contributed by atoms with Crippen LogP contribution in [0.15, 0.2) is 24.3 Å². The van der Waals surface area contributed by atoms with E-state index in [0.29, 0.717) is 11.3 Å². The zero-order valence-corrected chi connectivity index (χ0v) is 7.54. The predicted octanol–water partition coefficient (Wildman–Crippen LogP) is 2.08. The Labute approximate surface area is 81.5 Å². The zero-order chi connectivity index (χ0) is 9.68. The molecule has 0 fully saturated rings. The van der Waals surface area contributed by atoms with Crippen molar-refractivity contribution < 1.29 is 9.53 Å². The summed E-state index contributed by atoms with van der Waals surface area (Å²) in [4.78, 5) is 10.7. The summed E-state index contributed by atoms with van der Waals surface area (Å²) in [6, 6.07) is 6.55. The van der Waals surface area contributed by atoms with Crippen molar-refractivity contribution in [1.29, 1.82) is 0 Å². The van der Waals surface area contributed by atoms with Crippen molar-refractivity contribution >= 4 is 16.8 Å². The largest absolute Gasteiger partial charge is 0.481 e. The minimum Gasteiger partial charge on any atom is -0.481 e. The van der Waals surface area contributed by atoms with Crippen molar-refractivity contribution in [1.82, 2.24) is 0 Å². The molecule has 1 aromatic carbocycles. The van der Waals surface area contributed by atoms with Gasteiger partial charge in [0.05, 0.1) is 0 Å². The zero-order valence-electron chi connectivity index (χ0n) is 6.79. The van der Waals surface area contributed by atoms with E-state index >= 15 is 0 Å². The van der Waals surface area contributed by atoms with Crippen LogP contribution in [0.5, 0.6) is 5.75 Å². The number of hydrogen-bond acceptors (Lipinski definition) is 2. The van der Waals surface area contributed by atoms with Gasteiger partial charge in [-0.1, -0.05) is 12.0 Å². The lowest BCUT2D eigenvalue weighted by molar-refractivity contribution is 0.108. The van der Waals surface area contributed by atoms with E-state index in [2.05, 4.69) is 5.92 Å². The molecule has 0 aliphatic heterocycles. The van der Waals surface area contributed by atoms with Gasteiger partial charge in [0.25, 0.3) is 5.24 Å². The fraction of sp³-hybridized carbons (Fsp3) is 0.100. The Bertz CT molecular complexity index is 352. The van der Waals surface area contributed by atoms with Gasteiger partial charge in [-0.05, 0) is 29.8 Å². The van der Waals surface area contributed by atoms with Crippen molar-refractivity contribution in [2.24, 2.45) is 0 Å². The highest BCUT2D eigenvalue weighted by molar-refractivity contribution is 6.67. The maximum Gasteiger partial charge on any atom is 0.252 e. The number of carbonyl (C=O) groups excluding carboxylic acids is 1. The van der Waals surface area contributed by atoms with Crippen LogP contribution < -0.4 is 4.74 Å². The molecule has 13 heavy (non-hydrogen) atoms. The first-order valence-electron chi connectivity index (χ1n) is 3.60. The molecule has 0 radical (unpaired) electrons. The van der Waals surface area contributed by atoms with Crippen molar-refractivity contribution in [2.45, 2.75) is 0 Å². The van der Waals surface area contributed by atoms with Crippen LogP contribution in [0.1, 0.15) is 10.4 Å². The summed E-state index contributed by atoms with van der Waals surface area (Å²) in [5.41, 5.74) is 0.399. The maximum atomic E-state index is 10.7. The standard InChI is InChI=1S/C10H7ClO2/c1-2-6-13-9-5-3-4-8(7-9)10(11)12/h1,3-5,7H,6H2. The van der Waals surface area contributed by atoms with Crippen LogP contribution in [0.3, 0.4) is 0 Å². The van der Waals surface area contributed by atoms with Crippen molar-refractivity contribution in [3.63, 3.8) is 0 Å². The Morgan fingerprint density at radius 1 is 1.62 bits per heavy atom. The molecule has 0 aromatic heterocycles. The number of ether oxygens (including phenoxy) is 1. The topological polar surface area (TPSA) is 26.3 Å². The summed E-state index contributed by atoms with van der Waals surface area (Å²) >= 11 is 5.27. The molecule has 3 heteroatoms. The number of hydrogen-bond donors (Lipinski definition) is 0. The maximum absolute atomic E-state index is 10.7. The molecule has 0 spiro atoms. The Kier molecular flexibility index (Phi) is 3.36. The van der Waals surface area contributed by atoms with E-state index in [1.165, 1.54) is 0 Å². The summed E-state index contributed by atoms with van der Waals surface area (Å²) in [6.07, 6.45) is 5.01. The first-order valence-corrected chi connectivity index (χ1v) is 3.98. The Morgan fingerprint density at radius 2 is 2.38 bits per heavy atom. The molecule has 0 amide bonds. The van der Waals surface area contributed by atoms with Crippen LogP contribution >= 0.6 is 11.6 Å². The van der Waals surface area contributed by atoms with Crippen LogP contribution in [-0.2, 0) is 0 Å². The lowest BCUT2D eigenvalue weighted by atomic mass is 10.2. The summed E-state index contributed by atoms with van der Waals surface area (Å²) < 4.78 is 5.10. The smallest absolute Gasteiger partial charge is 0.252 e. The molecule has 0 bridgehead atoms. The molecular weight excluding hydrogens is 188 g/mol. The van der Waals surface area contributed by atoms with E-state index < -0.39 is 5.24 Å². The number of rotatable bonds is 3. The minimum atomic E-state index is -0.508. The van der Waals surface area contributed by atoms with Gasteiger partial charge in [0.15, 0.2) is 0 Å². The molecule has 2 nitrogen and oxygen atoms in total. The van der Waals surface area contributed by atoms with Crippen molar-refractivity contribution in [3.05, 3.63) is 29.8 Å². The Hall–Kier alpha value is -1.46. The third-order valence-electron chi connectivity index (χ3n) is 1.38. The Morgan fingerprint density at radius 3 is 3.00 bits per heavy atom. The lowest BCUT2D eigenvalue weighted by Gasteiger charge is -2.02. The second kappa shape index (κ2) is 4.54. The van der Waals surface area contributed by atoms with Crippen LogP contribution in [0.25, 0.3) is 0 Å². The summed E-state index contributed by atoms with van der Waals surface area (Å²) in [5.74, 6) is 2.87. The molecule has 66 valence electrons. The Balaban J connectivity index is 2.80. The fourth-order valence-electron chi connectivity index (χ4n) is 0.833. The quantitative estimate of drug-likeness (QED) is 0.544. The van der Waals surface area contributed by atoms with E-state index in [9.17, 15) is 4.79 Å². The molecular formula is C10H7ClO2. The second-order valence-electron chi connectivity index (χ2n) is 2.29. The number of halogens is 1. The number of benzene rings is 1. The van der Waals surface area contributed by atoms with Gasteiger partial charge < -0.3 is 4.74 Å². The molecule has 0 heterocycles. The van der Waals surface area contributed by atoms with E-state index in [-0.39, 0.29) is 6.61 Å². The predicted molar refractivity (Wildman–Crippen MR) is 51.0 cm³/mol. The van der Waals surface area contributed by atoms with E-state index in [0.717, 1.165) is 0 Å². The van der Waals surface area contributed by atoms with Gasteiger partial charge in [-0.2, -0.15) is 0 Å². The third-order valence-corrected chi connectivity index (χ3v) is 1.60. The van der Waals surface area contributed by atoms with Gasteiger partial charge in [0, 0.05) is 5.56 Å². The summed E-state index contributed by atoms with van der Waals surface area (Å²) in [5, 5.41) is -0.508. The monoisotopic (exact) mass is 194 g/mol. The number of carbonyl (C=O) groups is 1. The van der Waals surface area contributed by atoms with Gasteiger partial charge in [0.1, 0.15) is 12.4 Å². The van der Waals surface area contributed by atoms with Gasteiger partial charge in [-0.3, -0.25) is 4.79 Å². The average Bonchev–Trinajstić information content (AvgIpc) is 2.15. The first-order chi connectivity index (χ1) is 6.24. The van der Waals surface area contributed by atoms with Crippen LogP contribution in [-0.4, -0.2) is 11.8 Å². The highest BCUT2D eigenvalue weighted by Gasteiger charge is 2.01. The average molecular weight is 195 g/mol. The minimum absolute atomic E-state index is 0.180. The van der Waals surface area contributed by atoms with Crippen LogP contribution in [0.2, 0.25) is 0 Å². The SMILES string of the molecule is C#CCOc1cccc(C(=O)Cl)c1. The molecule has 0 saturated heterocycles. The highest BCUT2D eigenvalue weighted by Crippen LogP contribution is 2.14. The highest BCUT2D eigenvalue weighted by atomic mass is 35.5. The lowest BCUT2D eigenvalue weighted by Crippen LogP contribution is -1.95. The molecule has 1 rings (SSSR count). The molecule has 0 aliphatic carbocycles.